The van der Waals surface area contributed by atoms with Crippen molar-refractivity contribution >= 4 is 44.1 Å². The number of aliphatic hydroxyl groups is 1. The summed E-state index contributed by atoms with van der Waals surface area (Å²) in [6.45, 7) is 1.91. The van der Waals surface area contributed by atoms with Gasteiger partial charge in [-0.05, 0) is 42.8 Å². The summed E-state index contributed by atoms with van der Waals surface area (Å²) in [5.41, 5.74) is 2.29. The molecule has 7 nitrogen and oxygen atoms in total. The summed E-state index contributed by atoms with van der Waals surface area (Å²) < 4.78 is 25.1. The summed E-state index contributed by atoms with van der Waals surface area (Å²) >= 11 is 1.08. The molecule has 0 spiro atoms. The molecule has 1 aromatic heterocycles. The summed E-state index contributed by atoms with van der Waals surface area (Å²) in [7, 11) is 2.98. The number of carbonyl (C=O) groups is 2. The predicted molar refractivity (Wildman–Crippen MR) is 135 cm³/mol. The minimum absolute atomic E-state index is 0.0819. The van der Waals surface area contributed by atoms with E-state index in [0.29, 0.717) is 32.8 Å². The lowest BCUT2D eigenvalue weighted by Crippen LogP contribution is -2.29. The molecule has 1 atom stereocenters. The molecule has 4 aromatic rings. The van der Waals surface area contributed by atoms with Crippen LogP contribution in [0.5, 0.6) is 11.5 Å². The third-order valence-electron chi connectivity index (χ3n) is 6.04. The number of ether oxygens (including phenoxy) is 2. The van der Waals surface area contributed by atoms with Gasteiger partial charge in [0, 0.05) is 5.56 Å². The summed E-state index contributed by atoms with van der Waals surface area (Å²) in [5.74, 6) is -1.57. The number of hydrogen-bond acceptors (Lipinski definition) is 7. The maximum absolute atomic E-state index is 13.8. The maximum Gasteiger partial charge on any atom is 0.301 e. The SMILES string of the molecule is COc1ccc(C2C(=C(O)c3ccc(C)cc3)C(=O)C(=O)N2c2nc3ccc(F)cc3s2)cc1OC. The van der Waals surface area contributed by atoms with Gasteiger partial charge in [0.15, 0.2) is 16.6 Å². The van der Waals surface area contributed by atoms with Crippen molar-refractivity contribution in [2.75, 3.05) is 19.1 Å². The van der Waals surface area contributed by atoms with E-state index in [9.17, 15) is 19.1 Å². The number of anilines is 1. The van der Waals surface area contributed by atoms with Gasteiger partial charge in [-0.3, -0.25) is 14.5 Å². The second-order valence-corrected chi connectivity index (χ2v) is 9.27. The smallest absolute Gasteiger partial charge is 0.301 e. The Labute approximate surface area is 210 Å². The first-order chi connectivity index (χ1) is 17.3. The number of aromatic nitrogens is 1. The Hall–Kier alpha value is -4.24. The van der Waals surface area contributed by atoms with Crippen LogP contribution < -0.4 is 14.4 Å². The van der Waals surface area contributed by atoms with Crippen molar-refractivity contribution < 1.29 is 28.6 Å². The lowest BCUT2D eigenvalue weighted by molar-refractivity contribution is -0.132. The molecule has 0 radical (unpaired) electrons. The molecule has 0 bridgehead atoms. The number of thiazole rings is 1. The van der Waals surface area contributed by atoms with Crippen molar-refractivity contribution in [3.63, 3.8) is 0 Å². The number of amides is 1. The standard InChI is InChI=1S/C27H21FN2O5S/c1-14-4-6-15(7-5-14)24(31)22-23(16-8-11-19(34-2)20(12-16)35-3)30(26(33)25(22)32)27-29-18-10-9-17(28)13-21(18)36-27/h4-13,23,31H,1-3H3. The molecule has 1 fully saturated rings. The third-order valence-corrected chi connectivity index (χ3v) is 7.06. The van der Waals surface area contributed by atoms with Crippen LogP contribution in [-0.4, -0.2) is 36.0 Å². The van der Waals surface area contributed by atoms with Gasteiger partial charge in [0.05, 0.1) is 36.1 Å². The van der Waals surface area contributed by atoms with Crippen LogP contribution in [-0.2, 0) is 9.59 Å². The summed E-state index contributed by atoms with van der Waals surface area (Å²) in [6, 6.07) is 15.1. The van der Waals surface area contributed by atoms with Gasteiger partial charge in [-0.2, -0.15) is 0 Å². The molecule has 1 N–H and O–H groups in total. The zero-order chi connectivity index (χ0) is 25.6. The molecule has 2 heterocycles. The summed E-state index contributed by atoms with van der Waals surface area (Å²) in [4.78, 5) is 32.5. The highest BCUT2D eigenvalue weighted by Gasteiger charge is 2.48. The number of carbonyl (C=O) groups excluding carboxylic acids is 2. The Morgan fingerprint density at radius 3 is 2.42 bits per heavy atom. The number of ketones is 1. The number of methoxy groups -OCH3 is 2. The molecule has 0 saturated carbocycles. The molecule has 1 amide bonds. The number of hydrogen-bond donors (Lipinski definition) is 1. The fraction of sp³-hybridized carbons (Fsp3) is 0.148. The number of aryl methyl sites for hydroxylation is 1. The van der Waals surface area contributed by atoms with Gasteiger partial charge in [0.2, 0.25) is 0 Å². The Kier molecular flexibility index (Phi) is 5.93. The van der Waals surface area contributed by atoms with E-state index in [-0.39, 0.29) is 16.5 Å². The van der Waals surface area contributed by atoms with Crippen molar-refractivity contribution in [3.8, 4) is 11.5 Å². The molecule has 0 aliphatic carbocycles. The lowest BCUT2D eigenvalue weighted by atomic mass is 9.95. The number of rotatable bonds is 5. The first kappa shape index (κ1) is 23.5. The largest absolute Gasteiger partial charge is 0.507 e. The number of halogens is 1. The average Bonchev–Trinajstić information content (AvgIpc) is 3.41. The number of fused-ring (bicyclic) bond motifs is 1. The zero-order valence-electron chi connectivity index (χ0n) is 19.6. The monoisotopic (exact) mass is 504 g/mol. The molecule has 5 rings (SSSR count). The van der Waals surface area contributed by atoms with Gasteiger partial charge in [-0.1, -0.05) is 47.2 Å². The van der Waals surface area contributed by atoms with E-state index < -0.39 is 23.5 Å². The van der Waals surface area contributed by atoms with Gasteiger partial charge < -0.3 is 14.6 Å². The summed E-state index contributed by atoms with van der Waals surface area (Å²) in [5, 5.41) is 11.5. The molecular weight excluding hydrogens is 483 g/mol. The van der Waals surface area contributed by atoms with Crippen molar-refractivity contribution in [3.05, 3.63) is 88.7 Å². The molecular formula is C27H21FN2O5S. The van der Waals surface area contributed by atoms with Crippen LogP contribution in [0.3, 0.4) is 0 Å². The van der Waals surface area contributed by atoms with Crippen molar-refractivity contribution in [2.45, 2.75) is 13.0 Å². The second kappa shape index (κ2) is 9.09. The van der Waals surface area contributed by atoms with E-state index in [0.717, 1.165) is 16.9 Å². The zero-order valence-corrected chi connectivity index (χ0v) is 20.4. The van der Waals surface area contributed by atoms with Crippen molar-refractivity contribution in [2.24, 2.45) is 0 Å². The van der Waals surface area contributed by atoms with E-state index in [1.165, 1.54) is 37.3 Å². The average molecular weight is 505 g/mol. The van der Waals surface area contributed by atoms with Crippen LogP contribution in [0.25, 0.3) is 16.0 Å². The minimum atomic E-state index is -1.00. The topological polar surface area (TPSA) is 89.0 Å². The first-order valence-electron chi connectivity index (χ1n) is 11.0. The molecule has 1 aliphatic rings. The highest BCUT2D eigenvalue weighted by molar-refractivity contribution is 7.22. The van der Waals surface area contributed by atoms with Crippen molar-refractivity contribution in [1.29, 1.82) is 0 Å². The van der Waals surface area contributed by atoms with E-state index in [4.69, 9.17) is 9.47 Å². The predicted octanol–water partition coefficient (Wildman–Crippen LogP) is 5.39. The maximum atomic E-state index is 13.8. The van der Waals surface area contributed by atoms with Crippen LogP contribution in [0.2, 0.25) is 0 Å². The Morgan fingerprint density at radius 2 is 1.72 bits per heavy atom. The summed E-state index contributed by atoms with van der Waals surface area (Å²) in [6.07, 6.45) is 0. The van der Waals surface area contributed by atoms with E-state index in [1.807, 2.05) is 6.92 Å². The third kappa shape index (κ3) is 3.87. The number of Topliss-reactive ketones (excluding diaryl/α,β-unsaturated/α-hetero) is 1. The van der Waals surface area contributed by atoms with E-state index in [1.54, 1.807) is 42.5 Å². The molecule has 9 heteroatoms. The number of aliphatic hydroxyl groups excluding tert-OH is 1. The molecule has 3 aromatic carbocycles. The Balaban J connectivity index is 1.75. The van der Waals surface area contributed by atoms with Crippen LogP contribution in [0.15, 0.2) is 66.2 Å². The Bertz CT molecular complexity index is 1540. The quantitative estimate of drug-likeness (QED) is 0.223. The van der Waals surface area contributed by atoms with Crippen LogP contribution in [0, 0.1) is 12.7 Å². The van der Waals surface area contributed by atoms with E-state index in [2.05, 4.69) is 4.98 Å². The van der Waals surface area contributed by atoms with Gasteiger partial charge in [-0.15, -0.1) is 0 Å². The lowest BCUT2D eigenvalue weighted by Gasteiger charge is -2.23. The molecule has 182 valence electrons. The van der Waals surface area contributed by atoms with Gasteiger partial charge in [0.25, 0.3) is 5.78 Å². The fourth-order valence-corrected chi connectivity index (χ4v) is 5.24. The first-order valence-corrected chi connectivity index (χ1v) is 11.8. The molecule has 36 heavy (non-hydrogen) atoms. The number of benzene rings is 3. The fourth-order valence-electron chi connectivity index (χ4n) is 4.22. The number of nitrogens with zero attached hydrogens (tertiary/aromatic N) is 2. The van der Waals surface area contributed by atoms with Gasteiger partial charge in [0.1, 0.15) is 11.6 Å². The van der Waals surface area contributed by atoms with E-state index >= 15 is 0 Å². The highest BCUT2D eigenvalue weighted by atomic mass is 32.1. The minimum Gasteiger partial charge on any atom is -0.507 e. The normalized spacial score (nSPS) is 17.1. The Morgan fingerprint density at radius 1 is 1.00 bits per heavy atom. The molecule has 1 saturated heterocycles. The van der Waals surface area contributed by atoms with Crippen LogP contribution in [0.4, 0.5) is 9.52 Å². The highest BCUT2D eigenvalue weighted by Crippen LogP contribution is 2.45. The van der Waals surface area contributed by atoms with Gasteiger partial charge >= 0.3 is 5.91 Å². The second-order valence-electron chi connectivity index (χ2n) is 8.26. The molecule has 1 unspecified atom stereocenters. The van der Waals surface area contributed by atoms with Crippen LogP contribution in [0.1, 0.15) is 22.7 Å². The van der Waals surface area contributed by atoms with Gasteiger partial charge in [-0.25, -0.2) is 9.37 Å². The van der Waals surface area contributed by atoms with Crippen LogP contribution >= 0.6 is 11.3 Å². The molecule has 1 aliphatic heterocycles. The van der Waals surface area contributed by atoms with Crippen molar-refractivity contribution in [1.82, 2.24) is 4.98 Å².